The summed E-state index contributed by atoms with van der Waals surface area (Å²) in [5.41, 5.74) is 6.40. The number of nitrogens with two attached hydrogens (primary N) is 1. The Morgan fingerprint density at radius 1 is 1.48 bits per heavy atom. The lowest BCUT2D eigenvalue weighted by Crippen LogP contribution is -2.33. The van der Waals surface area contributed by atoms with Gasteiger partial charge in [0.05, 0.1) is 17.6 Å². The van der Waals surface area contributed by atoms with E-state index in [0.717, 1.165) is 16.7 Å². The first-order valence-corrected chi connectivity index (χ1v) is 6.96. The van der Waals surface area contributed by atoms with E-state index in [1.54, 1.807) is 24.3 Å². The molecule has 7 heteroatoms. The van der Waals surface area contributed by atoms with Gasteiger partial charge in [0.15, 0.2) is 0 Å². The average molecular weight is 303 g/mol. The zero-order valence-electron chi connectivity index (χ0n) is 11.3. The van der Waals surface area contributed by atoms with Gasteiger partial charge in [-0.15, -0.1) is 0 Å². The van der Waals surface area contributed by atoms with E-state index in [0.29, 0.717) is 21.8 Å². The van der Waals surface area contributed by atoms with Crippen LogP contribution >= 0.6 is 11.8 Å². The number of thioether (sulfide) groups is 1. The third-order valence-corrected chi connectivity index (χ3v) is 3.78. The maximum Gasteiger partial charge on any atom is 0.293 e. The van der Waals surface area contributed by atoms with Crippen molar-refractivity contribution in [2.24, 2.45) is 5.73 Å². The monoisotopic (exact) mass is 303 g/mol. The molecule has 0 aliphatic carbocycles. The molecule has 0 aromatic heterocycles. The van der Waals surface area contributed by atoms with Gasteiger partial charge in [-0.3, -0.25) is 14.5 Å². The van der Waals surface area contributed by atoms with E-state index >= 15 is 0 Å². The van der Waals surface area contributed by atoms with E-state index < -0.39 is 0 Å². The Kier molecular flexibility index (Phi) is 4.62. The number of amides is 2. The minimum absolute atomic E-state index is 0.202. The molecule has 0 spiro atoms. The molecular weight excluding hydrogens is 290 g/mol. The molecule has 1 aliphatic heterocycles. The van der Waals surface area contributed by atoms with Crippen LogP contribution in [0.15, 0.2) is 23.1 Å². The Bertz CT molecular complexity index is 664. The first-order chi connectivity index (χ1) is 10.1. The highest BCUT2D eigenvalue weighted by molar-refractivity contribution is 8.18. The van der Waals surface area contributed by atoms with Crippen molar-refractivity contribution in [2.75, 3.05) is 20.2 Å². The van der Waals surface area contributed by atoms with Gasteiger partial charge in [-0.1, -0.05) is 6.07 Å². The number of methoxy groups -OCH3 is 1. The van der Waals surface area contributed by atoms with Crippen molar-refractivity contribution in [1.82, 2.24) is 4.90 Å². The van der Waals surface area contributed by atoms with Crippen LogP contribution in [0.4, 0.5) is 4.79 Å². The van der Waals surface area contributed by atoms with Gasteiger partial charge in [-0.2, -0.15) is 5.26 Å². The summed E-state index contributed by atoms with van der Waals surface area (Å²) in [6.45, 7) is 0.431. The first-order valence-electron chi connectivity index (χ1n) is 6.14. The summed E-state index contributed by atoms with van der Waals surface area (Å²) in [6.07, 6.45) is 1.59. The number of hydrogen-bond acceptors (Lipinski definition) is 6. The lowest BCUT2D eigenvalue weighted by Gasteiger charge is -2.09. The Morgan fingerprint density at radius 2 is 2.24 bits per heavy atom. The molecule has 2 amide bonds. The fourth-order valence-corrected chi connectivity index (χ4v) is 2.74. The van der Waals surface area contributed by atoms with Crippen molar-refractivity contribution < 1.29 is 14.3 Å². The molecule has 1 heterocycles. The first kappa shape index (κ1) is 15.1. The van der Waals surface area contributed by atoms with Gasteiger partial charge >= 0.3 is 0 Å². The van der Waals surface area contributed by atoms with Crippen LogP contribution in [-0.4, -0.2) is 36.2 Å². The fraction of sp³-hybridized carbons (Fsp3) is 0.214. The number of carbonyl (C=O) groups excluding carboxylic acids is 2. The second kappa shape index (κ2) is 6.43. The van der Waals surface area contributed by atoms with Crippen LogP contribution in [0.5, 0.6) is 5.75 Å². The SMILES string of the molecule is COc1ccc(C=C2SC(=O)N(CCN)C2=O)cc1C#N. The van der Waals surface area contributed by atoms with Crippen LogP contribution in [-0.2, 0) is 4.79 Å². The molecule has 0 atom stereocenters. The highest BCUT2D eigenvalue weighted by Gasteiger charge is 2.34. The van der Waals surface area contributed by atoms with E-state index in [1.165, 1.54) is 7.11 Å². The van der Waals surface area contributed by atoms with Crippen molar-refractivity contribution in [3.05, 3.63) is 34.2 Å². The largest absolute Gasteiger partial charge is 0.495 e. The molecule has 21 heavy (non-hydrogen) atoms. The van der Waals surface area contributed by atoms with Gasteiger partial charge in [0.2, 0.25) is 0 Å². The third kappa shape index (κ3) is 3.07. The average Bonchev–Trinajstić information content (AvgIpc) is 2.75. The number of hydrogen-bond donors (Lipinski definition) is 1. The van der Waals surface area contributed by atoms with Gasteiger partial charge in [0.1, 0.15) is 11.8 Å². The molecule has 2 N–H and O–H groups in total. The zero-order chi connectivity index (χ0) is 15.4. The smallest absolute Gasteiger partial charge is 0.293 e. The summed E-state index contributed by atoms with van der Waals surface area (Å²) >= 11 is 0.869. The lowest BCUT2D eigenvalue weighted by molar-refractivity contribution is -0.122. The Balaban J connectivity index is 2.31. The van der Waals surface area contributed by atoms with Crippen LogP contribution in [0, 0.1) is 11.3 Å². The van der Waals surface area contributed by atoms with Gasteiger partial charge in [-0.25, -0.2) is 0 Å². The van der Waals surface area contributed by atoms with Crippen LogP contribution in [0.2, 0.25) is 0 Å². The molecule has 6 nitrogen and oxygen atoms in total. The van der Waals surface area contributed by atoms with Crippen molar-refractivity contribution in [2.45, 2.75) is 0 Å². The van der Waals surface area contributed by atoms with Gasteiger partial charge in [-0.05, 0) is 35.5 Å². The van der Waals surface area contributed by atoms with Gasteiger partial charge in [0.25, 0.3) is 11.1 Å². The predicted octanol–water partition coefficient (Wildman–Crippen LogP) is 1.56. The highest BCUT2D eigenvalue weighted by Crippen LogP contribution is 2.32. The molecule has 1 aliphatic rings. The van der Waals surface area contributed by atoms with E-state index in [9.17, 15) is 9.59 Å². The molecule has 1 saturated heterocycles. The minimum Gasteiger partial charge on any atom is -0.495 e. The molecular formula is C14H13N3O3S. The molecule has 0 unspecified atom stereocenters. The van der Waals surface area contributed by atoms with E-state index in [-0.39, 0.29) is 24.2 Å². The third-order valence-electron chi connectivity index (χ3n) is 2.87. The summed E-state index contributed by atoms with van der Waals surface area (Å²) in [7, 11) is 1.48. The number of nitrogens with zero attached hydrogens (tertiary/aromatic N) is 2. The number of carbonyl (C=O) groups is 2. The number of ether oxygens (including phenoxy) is 1. The summed E-state index contributed by atoms with van der Waals surface area (Å²) in [5.74, 6) is 0.107. The molecule has 1 fully saturated rings. The van der Waals surface area contributed by atoms with Crippen LogP contribution in [0.25, 0.3) is 6.08 Å². The van der Waals surface area contributed by atoms with Crippen molar-refractivity contribution in [3.63, 3.8) is 0 Å². The fourth-order valence-electron chi connectivity index (χ4n) is 1.88. The standard InChI is InChI=1S/C14H13N3O3S/c1-20-11-3-2-9(6-10(11)8-16)7-12-13(18)17(5-4-15)14(19)21-12/h2-3,6-7H,4-5,15H2,1H3. The van der Waals surface area contributed by atoms with Crippen molar-refractivity contribution >= 4 is 29.0 Å². The van der Waals surface area contributed by atoms with Gasteiger partial charge < -0.3 is 10.5 Å². The maximum absolute atomic E-state index is 12.1. The summed E-state index contributed by atoms with van der Waals surface area (Å²) in [6, 6.07) is 6.99. The van der Waals surface area contributed by atoms with Gasteiger partial charge in [0, 0.05) is 13.1 Å². The number of imide groups is 1. The molecule has 0 radical (unpaired) electrons. The molecule has 1 aromatic rings. The van der Waals surface area contributed by atoms with Crippen molar-refractivity contribution in [1.29, 1.82) is 5.26 Å². The Morgan fingerprint density at radius 3 is 2.86 bits per heavy atom. The molecule has 0 bridgehead atoms. The number of rotatable bonds is 4. The highest BCUT2D eigenvalue weighted by atomic mass is 32.2. The van der Waals surface area contributed by atoms with Crippen LogP contribution in [0.1, 0.15) is 11.1 Å². The molecule has 0 saturated carbocycles. The summed E-state index contributed by atoms with van der Waals surface area (Å²) in [5, 5.41) is 8.71. The second-order valence-electron chi connectivity index (χ2n) is 4.19. The maximum atomic E-state index is 12.1. The predicted molar refractivity (Wildman–Crippen MR) is 79.4 cm³/mol. The van der Waals surface area contributed by atoms with E-state index in [2.05, 4.69) is 0 Å². The van der Waals surface area contributed by atoms with Crippen LogP contribution in [0.3, 0.4) is 0 Å². The van der Waals surface area contributed by atoms with Crippen molar-refractivity contribution in [3.8, 4) is 11.8 Å². The quantitative estimate of drug-likeness (QED) is 0.848. The minimum atomic E-state index is -0.357. The topological polar surface area (TPSA) is 96.4 Å². The molecule has 1 aromatic carbocycles. The Hall–Kier alpha value is -2.30. The summed E-state index contributed by atoms with van der Waals surface area (Å²) in [4.78, 5) is 25.2. The molecule has 2 rings (SSSR count). The zero-order valence-corrected chi connectivity index (χ0v) is 12.1. The second-order valence-corrected chi connectivity index (χ2v) is 5.19. The number of nitriles is 1. The van der Waals surface area contributed by atoms with E-state index in [1.807, 2.05) is 6.07 Å². The lowest BCUT2D eigenvalue weighted by atomic mass is 10.1. The Labute approximate surface area is 126 Å². The van der Waals surface area contributed by atoms with E-state index in [4.69, 9.17) is 15.7 Å². The van der Waals surface area contributed by atoms with Crippen LogP contribution < -0.4 is 10.5 Å². The molecule has 108 valence electrons. The summed E-state index contributed by atoms with van der Waals surface area (Å²) < 4.78 is 5.06. The number of benzene rings is 1. The normalized spacial score (nSPS) is 16.4.